The average Bonchev–Trinajstić information content (AvgIpc) is 2.74. The molecule has 4 heteroatoms. The van der Waals surface area contributed by atoms with E-state index in [1.807, 2.05) is 29.2 Å². The van der Waals surface area contributed by atoms with E-state index < -0.39 is 0 Å². The summed E-state index contributed by atoms with van der Waals surface area (Å²) in [5.74, 6) is 0.629. The lowest BCUT2D eigenvalue weighted by molar-refractivity contribution is 0.0707. The Morgan fingerprint density at radius 1 is 1.11 bits per heavy atom. The fourth-order valence-corrected chi connectivity index (χ4v) is 3.88. The number of carbonyl (C=O) groups is 1. The minimum Gasteiger partial charge on any atom is -0.506 e. The third-order valence-corrected chi connectivity index (χ3v) is 5.40. The Kier molecular flexibility index (Phi) is 5.11. The van der Waals surface area contributed by atoms with Crippen LogP contribution in [0.15, 0.2) is 66.9 Å². The number of amides is 1. The van der Waals surface area contributed by atoms with Gasteiger partial charge in [0.25, 0.3) is 5.91 Å². The minimum atomic E-state index is 0.0857. The van der Waals surface area contributed by atoms with Crippen LogP contribution in [-0.2, 0) is 0 Å². The second-order valence-corrected chi connectivity index (χ2v) is 7.48. The number of aromatic nitrogens is 1. The number of hydrogen-bond acceptors (Lipinski definition) is 3. The van der Waals surface area contributed by atoms with Crippen LogP contribution in [0.25, 0.3) is 11.3 Å². The van der Waals surface area contributed by atoms with E-state index in [0.717, 1.165) is 37.2 Å². The molecule has 2 heterocycles. The summed E-state index contributed by atoms with van der Waals surface area (Å²) in [6.45, 7) is 3.69. The Balaban J connectivity index is 1.48. The van der Waals surface area contributed by atoms with Crippen molar-refractivity contribution in [2.45, 2.75) is 25.7 Å². The van der Waals surface area contributed by atoms with Gasteiger partial charge in [0.05, 0.1) is 11.9 Å². The monoisotopic (exact) mass is 372 g/mol. The number of nitrogens with zero attached hydrogens (tertiary/aromatic N) is 2. The Morgan fingerprint density at radius 2 is 1.93 bits per heavy atom. The molecule has 3 aromatic rings. The van der Waals surface area contributed by atoms with Gasteiger partial charge in [0.2, 0.25) is 0 Å². The summed E-state index contributed by atoms with van der Waals surface area (Å²) in [6.07, 6.45) is 3.58. The highest BCUT2D eigenvalue weighted by atomic mass is 16.3. The van der Waals surface area contributed by atoms with Gasteiger partial charge in [0.15, 0.2) is 0 Å². The quantitative estimate of drug-likeness (QED) is 0.720. The minimum absolute atomic E-state index is 0.0857. The number of likely N-dealkylation sites (tertiary alicyclic amines) is 1. The van der Waals surface area contributed by atoms with Crippen LogP contribution in [0, 0.1) is 6.92 Å². The van der Waals surface area contributed by atoms with Gasteiger partial charge < -0.3 is 10.0 Å². The third kappa shape index (κ3) is 3.91. The maximum atomic E-state index is 13.0. The van der Waals surface area contributed by atoms with Gasteiger partial charge in [0.1, 0.15) is 5.75 Å². The Bertz CT molecular complexity index is 965. The number of piperidine rings is 1. The molecule has 0 radical (unpaired) electrons. The molecule has 2 aromatic carbocycles. The molecule has 0 saturated carbocycles. The van der Waals surface area contributed by atoms with E-state index in [0.29, 0.717) is 11.5 Å². The zero-order valence-electron chi connectivity index (χ0n) is 16.0. The van der Waals surface area contributed by atoms with Gasteiger partial charge in [-0.2, -0.15) is 0 Å². The lowest BCUT2D eigenvalue weighted by atomic mass is 9.89. The van der Waals surface area contributed by atoms with E-state index in [-0.39, 0.29) is 11.7 Å². The van der Waals surface area contributed by atoms with Crippen molar-refractivity contribution in [1.82, 2.24) is 9.88 Å². The fourth-order valence-electron chi connectivity index (χ4n) is 3.88. The van der Waals surface area contributed by atoms with Crippen LogP contribution < -0.4 is 0 Å². The summed E-state index contributed by atoms with van der Waals surface area (Å²) in [7, 11) is 0. The Labute approximate surface area is 165 Å². The number of rotatable bonds is 3. The van der Waals surface area contributed by atoms with Crippen LogP contribution in [0.4, 0.5) is 0 Å². The zero-order valence-corrected chi connectivity index (χ0v) is 16.0. The highest BCUT2D eigenvalue weighted by molar-refractivity contribution is 5.94. The molecule has 1 saturated heterocycles. The molecule has 1 aliphatic rings. The second-order valence-electron chi connectivity index (χ2n) is 7.48. The molecule has 28 heavy (non-hydrogen) atoms. The van der Waals surface area contributed by atoms with Gasteiger partial charge >= 0.3 is 0 Å². The van der Waals surface area contributed by atoms with Crippen molar-refractivity contribution >= 4 is 5.91 Å². The fraction of sp³-hybridized carbons (Fsp3) is 0.250. The summed E-state index contributed by atoms with van der Waals surface area (Å²) >= 11 is 0. The number of aryl methyl sites for hydroxylation is 1. The summed E-state index contributed by atoms with van der Waals surface area (Å²) in [5.41, 5.74) is 4.99. The van der Waals surface area contributed by atoms with Crippen molar-refractivity contribution in [2.24, 2.45) is 0 Å². The van der Waals surface area contributed by atoms with Crippen molar-refractivity contribution in [1.29, 1.82) is 0 Å². The lowest BCUT2D eigenvalue weighted by Gasteiger charge is -2.33. The Morgan fingerprint density at radius 3 is 2.64 bits per heavy atom. The first-order chi connectivity index (χ1) is 13.6. The highest BCUT2D eigenvalue weighted by Gasteiger charge is 2.25. The van der Waals surface area contributed by atoms with E-state index in [1.54, 1.807) is 12.1 Å². The third-order valence-electron chi connectivity index (χ3n) is 5.40. The van der Waals surface area contributed by atoms with Crippen molar-refractivity contribution in [3.8, 4) is 17.0 Å². The number of carbonyl (C=O) groups excluding carboxylic acids is 1. The smallest absolute Gasteiger partial charge is 0.253 e. The number of benzene rings is 2. The van der Waals surface area contributed by atoms with E-state index in [4.69, 9.17) is 0 Å². The van der Waals surface area contributed by atoms with Crippen LogP contribution in [0.3, 0.4) is 0 Å². The molecule has 142 valence electrons. The SMILES string of the molecule is Cc1cccc([C@@H]2CCCN(C(=O)c3ccc(-c4ccc(O)cn4)cc3)C2)c1. The van der Waals surface area contributed by atoms with Gasteiger partial charge in [-0.25, -0.2) is 0 Å². The summed E-state index contributed by atoms with van der Waals surface area (Å²) in [4.78, 5) is 19.2. The average molecular weight is 372 g/mol. The molecule has 1 aromatic heterocycles. The molecular weight excluding hydrogens is 348 g/mol. The number of pyridine rings is 1. The normalized spacial score (nSPS) is 16.8. The molecule has 1 aliphatic heterocycles. The number of aromatic hydroxyl groups is 1. The van der Waals surface area contributed by atoms with Crippen LogP contribution in [0.5, 0.6) is 5.75 Å². The van der Waals surface area contributed by atoms with E-state index in [9.17, 15) is 9.90 Å². The largest absolute Gasteiger partial charge is 0.506 e. The highest BCUT2D eigenvalue weighted by Crippen LogP contribution is 2.28. The first-order valence-corrected chi connectivity index (χ1v) is 9.71. The van der Waals surface area contributed by atoms with Crippen LogP contribution in [-0.4, -0.2) is 34.0 Å². The van der Waals surface area contributed by atoms with Gasteiger partial charge in [-0.15, -0.1) is 0 Å². The standard InChI is InChI=1S/C24H24N2O2/c1-17-4-2-5-20(14-17)21-6-3-13-26(16-21)24(28)19-9-7-18(8-10-19)23-12-11-22(27)15-25-23/h2,4-5,7-12,14-15,21,27H,3,6,13,16H2,1H3/t21-/m1/s1. The molecule has 1 N–H and O–H groups in total. The molecular formula is C24H24N2O2. The van der Waals surface area contributed by atoms with E-state index in [1.165, 1.54) is 17.3 Å². The molecule has 1 amide bonds. The molecule has 4 nitrogen and oxygen atoms in total. The van der Waals surface area contributed by atoms with Gasteiger partial charge in [0, 0.05) is 30.1 Å². The maximum Gasteiger partial charge on any atom is 0.253 e. The summed E-state index contributed by atoms with van der Waals surface area (Å²) in [5, 5.41) is 9.37. The topological polar surface area (TPSA) is 53.4 Å². The Hall–Kier alpha value is -3.14. The second kappa shape index (κ2) is 7.85. The predicted molar refractivity (Wildman–Crippen MR) is 110 cm³/mol. The first kappa shape index (κ1) is 18.2. The molecule has 0 aliphatic carbocycles. The van der Waals surface area contributed by atoms with E-state index in [2.05, 4.69) is 36.2 Å². The first-order valence-electron chi connectivity index (χ1n) is 9.71. The number of hydrogen-bond donors (Lipinski definition) is 1. The maximum absolute atomic E-state index is 13.0. The molecule has 1 atom stereocenters. The van der Waals surface area contributed by atoms with Crippen molar-refractivity contribution in [2.75, 3.05) is 13.1 Å². The van der Waals surface area contributed by atoms with Crippen molar-refractivity contribution < 1.29 is 9.90 Å². The molecule has 1 fully saturated rings. The predicted octanol–water partition coefficient (Wildman–Crippen LogP) is 4.78. The van der Waals surface area contributed by atoms with Gasteiger partial charge in [-0.05, 0) is 49.6 Å². The van der Waals surface area contributed by atoms with Gasteiger partial charge in [-0.1, -0.05) is 42.0 Å². The van der Waals surface area contributed by atoms with Crippen LogP contribution in [0.1, 0.15) is 40.2 Å². The van der Waals surface area contributed by atoms with Crippen molar-refractivity contribution in [3.05, 3.63) is 83.6 Å². The molecule has 4 rings (SSSR count). The van der Waals surface area contributed by atoms with E-state index >= 15 is 0 Å². The molecule has 0 unspecified atom stereocenters. The summed E-state index contributed by atoms with van der Waals surface area (Å²) < 4.78 is 0. The van der Waals surface area contributed by atoms with Crippen LogP contribution in [0.2, 0.25) is 0 Å². The lowest BCUT2D eigenvalue weighted by Crippen LogP contribution is -2.39. The summed E-state index contributed by atoms with van der Waals surface area (Å²) in [6, 6.07) is 19.5. The van der Waals surface area contributed by atoms with Crippen LogP contribution >= 0.6 is 0 Å². The van der Waals surface area contributed by atoms with Crippen molar-refractivity contribution in [3.63, 3.8) is 0 Å². The zero-order chi connectivity index (χ0) is 19.5. The molecule has 0 bridgehead atoms. The molecule has 0 spiro atoms. The van der Waals surface area contributed by atoms with Gasteiger partial charge in [-0.3, -0.25) is 9.78 Å².